The second-order valence-corrected chi connectivity index (χ2v) is 5.03. The molecule has 20 heavy (non-hydrogen) atoms. The van der Waals surface area contributed by atoms with E-state index in [1.165, 1.54) is 0 Å². The van der Waals surface area contributed by atoms with Crippen LogP contribution in [0.3, 0.4) is 0 Å². The fraction of sp³-hybridized carbons (Fsp3) is 0.200. The third-order valence-corrected chi connectivity index (χ3v) is 3.53. The molecule has 0 aliphatic heterocycles. The number of hydrogen-bond acceptors (Lipinski definition) is 5. The zero-order valence-electron chi connectivity index (χ0n) is 11.1. The van der Waals surface area contributed by atoms with E-state index in [4.69, 9.17) is 14.7 Å². The first kappa shape index (κ1) is 14.2. The Labute approximate surface area is 122 Å². The first-order chi connectivity index (χ1) is 9.83. The summed E-state index contributed by atoms with van der Waals surface area (Å²) in [7, 11) is 1.56. The van der Waals surface area contributed by atoms with Crippen molar-refractivity contribution in [1.82, 2.24) is 4.98 Å². The molecular weight excluding hydrogens is 272 g/mol. The highest BCUT2D eigenvalue weighted by Crippen LogP contribution is 2.28. The molecule has 5 heteroatoms. The summed E-state index contributed by atoms with van der Waals surface area (Å²) in [6, 6.07) is 11.1. The Bertz CT molecular complexity index is 597. The average Bonchev–Trinajstić information content (AvgIpc) is 2.52. The Morgan fingerprint density at radius 1 is 1.20 bits per heavy atom. The van der Waals surface area contributed by atoms with Gasteiger partial charge in [-0.1, -0.05) is 0 Å². The van der Waals surface area contributed by atoms with Gasteiger partial charge in [-0.15, -0.1) is 11.8 Å². The molecule has 2 aromatic rings. The Balaban J connectivity index is 1.87. The number of methoxy groups -OCH3 is 1. The summed E-state index contributed by atoms with van der Waals surface area (Å²) < 4.78 is 10.9. The summed E-state index contributed by atoms with van der Waals surface area (Å²) >= 11 is 1.70. The molecule has 0 saturated heterocycles. The highest BCUT2D eigenvalue weighted by atomic mass is 32.2. The molecule has 0 aliphatic rings. The monoisotopic (exact) mass is 286 g/mol. The highest BCUT2D eigenvalue weighted by Gasteiger charge is 2.05. The zero-order chi connectivity index (χ0) is 14.2. The number of rotatable bonds is 6. The lowest BCUT2D eigenvalue weighted by Gasteiger charge is -2.10. The average molecular weight is 286 g/mol. The van der Waals surface area contributed by atoms with Crippen molar-refractivity contribution in [1.29, 1.82) is 5.26 Å². The Morgan fingerprint density at radius 3 is 2.70 bits per heavy atom. The molecule has 0 saturated carbocycles. The number of nitriles is 1. The van der Waals surface area contributed by atoms with Gasteiger partial charge in [-0.05, 0) is 24.3 Å². The van der Waals surface area contributed by atoms with E-state index >= 15 is 0 Å². The number of hydrogen-bond donors (Lipinski definition) is 0. The predicted molar refractivity (Wildman–Crippen MR) is 78.2 cm³/mol. The molecular formula is C15H14N2O2S. The van der Waals surface area contributed by atoms with Gasteiger partial charge in [0.2, 0.25) is 0 Å². The van der Waals surface area contributed by atoms with Crippen molar-refractivity contribution in [2.24, 2.45) is 0 Å². The van der Waals surface area contributed by atoms with E-state index in [9.17, 15) is 0 Å². The van der Waals surface area contributed by atoms with E-state index < -0.39 is 0 Å². The summed E-state index contributed by atoms with van der Waals surface area (Å²) in [4.78, 5) is 5.14. The van der Waals surface area contributed by atoms with Crippen LogP contribution in [0.15, 0.2) is 47.6 Å². The van der Waals surface area contributed by atoms with Gasteiger partial charge in [0.1, 0.15) is 0 Å². The maximum absolute atomic E-state index is 8.83. The van der Waals surface area contributed by atoms with Crippen molar-refractivity contribution in [2.45, 2.75) is 4.90 Å². The molecule has 0 fully saturated rings. The van der Waals surface area contributed by atoms with Crippen molar-refractivity contribution in [3.63, 3.8) is 0 Å². The van der Waals surface area contributed by atoms with Gasteiger partial charge in [-0.3, -0.25) is 4.98 Å². The highest BCUT2D eigenvalue weighted by molar-refractivity contribution is 7.99. The van der Waals surface area contributed by atoms with Gasteiger partial charge in [0.15, 0.2) is 11.5 Å². The predicted octanol–water partition coefficient (Wildman–Crippen LogP) is 3.13. The normalized spacial score (nSPS) is 9.80. The summed E-state index contributed by atoms with van der Waals surface area (Å²) in [6.45, 7) is 0.565. The van der Waals surface area contributed by atoms with Gasteiger partial charge < -0.3 is 9.47 Å². The van der Waals surface area contributed by atoms with E-state index in [1.807, 2.05) is 12.1 Å². The molecule has 0 radical (unpaired) electrons. The van der Waals surface area contributed by atoms with Crippen LogP contribution in [-0.2, 0) is 0 Å². The van der Waals surface area contributed by atoms with E-state index in [2.05, 4.69) is 11.1 Å². The SMILES string of the molecule is COc1cc(C#N)ccc1OCCSc1ccncc1. The van der Waals surface area contributed by atoms with E-state index in [-0.39, 0.29) is 0 Å². The summed E-state index contributed by atoms with van der Waals surface area (Å²) in [5.74, 6) is 2.06. The summed E-state index contributed by atoms with van der Waals surface area (Å²) in [6.07, 6.45) is 3.54. The second kappa shape index (κ2) is 7.41. The number of benzene rings is 1. The number of ether oxygens (including phenoxy) is 2. The lowest BCUT2D eigenvalue weighted by atomic mass is 10.2. The molecule has 1 aromatic carbocycles. The van der Waals surface area contributed by atoms with Crippen molar-refractivity contribution >= 4 is 11.8 Å². The lowest BCUT2D eigenvalue weighted by molar-refractivity contribution is 0.313. The van der Waals surface area contributed by atoms with Crippen LogP contribution in [0.2, 0.25) is 0 Å². The third-order valence-electron chi connectivity index (χ3n) is 2.55. The molecule has 4 nitrogen and oxygen atoms in total. The van der Waals surface area contributed by atoms with Crippen molar-refractivity contribution in [2.75, 3.05) is 19.5 Å². The van der Waals surface area contributed by atoms with Gasteiger partial charge in [-0.25, -0.2) is 0 Å². The minimum atomic E-state index is 0.556. The number of nitrogens with zero attached hydrogens (tertiary/aromatic N) is 2. The Morgan fingerprint density at radius 2 is 2.00 bits per heavy atom. The van der Waals surface area contributed by atoms with Crippen molar-refractivity contribution < 1.29 is 9.47 Å². The van der Waals surface area contributed by atoms with Gasteiger partial charge in [-0.2, -0.15) is 5.26 Å². The smallest absolute Gasteiger partial charge is 0.162 e. The van der Waals surface area contributed by atoms with Crippen molar-refractivity contribution in [3.8, 4) is 17.6 Å². The standard InChI is InChI=1S/C15H14N2O2S/c1-18-15-10-12(11-16)2-3-14(15)19-8-9-20-13-4-6-17-7-5-13/h2-7,10H,8-9H2,1H3. The van der Waals surface area contributed by atoms with E-state index in [0.717, 1.165) is 10.6 Å². The quantitative estimate of drug-likeness (QED) is 0.603. The first-order valence-electron chi connectivity index (χ1n) is 6.07. The maximum atomic E-state index is 8.83. The third kappa shape index (κ3) is 3.90. The molecule has 0 amide bonds. The molecule has 0 bridgehead atoms. The van der Waals surface area contributed by atoms with E-state index in [0.29, 0.717) is 23.7 Å². The summed E-state index contributed by atoms with van der Waals surface area (Å²) in [5.41, 5.74) is 0.556. The maximum Gasteiger partial charge on any atom is 0.162 e. The molecule has 0 atom stereocenters. The van der Waals surface area contributed by atoms with Crippen LogP contribution in [0.25, 0.3) is 0 Å². The molecule has 102 valence electrons. The Hall–Kier alpha value is -2.19. The fourth-order valence-electron chi connectivity index (χ4n) is 1.60. The zero-order valence-corrected chi connectivity index (χ0v) is 11.9. The van der Waals surface area contributed by atoms with Crippen molar-refractivity contribution in [3.05, 3.63) is 48.3 Å². The van der Waals surface area contributed by atoms with Crippen LogP contribution in [0.4, 0.5) is 0 Å². The molecule has 0 aliphatic carbocycles. The minimum absolute atomic E-state index is 0.556. The lowest BCUT2D eigenvalue weighted by Crippen LogP contribution is -2.01. The first-order valence-corrected chi connectivity index (χ1v) is 7.06. The van der Waals surface area contributed by atoms with Gasteiger partial charge in [0, 0.05) is 29.1 Å². The minimum Gasteiger partial charge on any atom is -0.493 e. The van der Waals surface area contributed by atoms with Crippen LogP contribution in [-0.4, -0.2) is 24.5 Å². The molecule has 0 N–H and O–H groups in total. The molecule has 0 spiro atoms. The molecule has 1 heterocycles. The van der Waals surface area contributed by atoms with E-state index in [1.54, 1.807) is 49.5 Å². The topological polar surface area (TPSA) is 55.1 Å². The molecule has 1 aromatic heterocycles. The van der Waals surface area contributed by atoms with Crippen LogP contribution in [0, 0.1) is 11.3 Å². The number of pyridine rings is 1. The van der Waals surface area contributed by atoms with Gasteiger partial charge >= 0.3 is 0 Å². The van der Waals surface area contributed by atoms with Gasteiger partial charge in [0.25, 0.3) is 0 Å². The van der Waals surface area contributed by atoms with Crippen LogP contribution in [0.5, 0.6) is 11.5 Å². The molecule has 2 rings (SSSR count). The Kier molecular flexibility index (Phi) is 5.27. The number of thioether (sulfide) groups is 1. The van der Waals surface area contributed by atoms with Crippen LogP contribution >= 0.6 is 11.8 Å². The summed E-state index contributed by atoms with van der Waals surface area (Å²) in [5, 5.41) is 8.83. The van der Waals surface area contributed by atoms with Gasteiger partial charge in [0.05, 0.1) is 25.3 Å². The largest absolute Gasteiger partial charge is 0.493 e. The number of aromatic nitrogens is 1. The van der Waals surface area contributed by atoms with Crippen LogP contribution < -0.4 is 9.47 Å². The fourth-order valence-corrected chi connectivity index (χ4v) is 2.32. The van der Waals surface area contributed by atoms with Crippen LogP contribution in [0.1, 0.15) is 5.56 Å². The second-order valence-electron chi connectivity index (χ2n) is 3.86. The molecule has 0 unspecified atom stereocenters.